The van der Waals surface area contributed by atoms with Crippen LogP contribution in [0.4, 0.5) is 5.95 Å². The van der Waals surface area contributed by atoms with Crippen molar-refractivity contribution in [3.05, 3.63) is 24.4 Å². The van der Waals surface area contributed by atoms with Gasteiger partial charge in [0.05, 0.1) is 6.42 Å². The van der Waals surface area contributed by atoms with E-state index in [4.69, 9.17) is 0 Å². The molecule has 1 N–H and O–H groups in total. The topological polar surface area (TPSA) is 79.6 Å². The highest BCUT2D eigenvalue weighted by molar-refractivity contribution is 6.06. The molecule has 18 heavy (non-hydrogen) atoms. The molecule has 1 fully saturated rings. The molecule has 2 amide bonds. The van der Waals surface area contributed by atoms with Gasteiger partial charge >= 0.3 is 0 Å². The molecule has 0 bridgehead atoms. The monoisotopic (exact) mass is 245 g/mol. The zero-order chi connectivity index (χ0) is 12.7. The number of likely N-dealkylation sites (tertiary alicyclic amines) is 1. The second kappa shape index (κ2) is 3.80. The Bertz CT molecular complexity index is 602. The standard InChI is InChI=1S/C11H11N5O2/c1-15-9(17)6-7(10(15)18)12-11-13-8-4-2-3-5-16(8)14-11/h2-5,7H,6H2,1H3,(H,12,14). The van der Waals surface area contributed by atoms with Crippen molar-refractivity contribution in [1.82, 2.24) is 19.5 Å². The summed E-state index contributed by atoms with van der Waals surface area (Å²) in [7, 11) is 1.48. The van der Waals surface area contributed by atoms with Crippen LogP contribution in [0.15, 0.2) is 24.4 Å². The van der Waals surface area contributed by atoms with Crippen LogP contribution in [-0.4, -0.2) is 44.4 Å². The van der Waals surface area contributed by atoms with Crippen LogP contribution in [0, 0.1) is 0 Å². The molecule has 92 valence electrons. The predicted octanol–water partition coefficient (Wildman–Crippen LogP) is -0.102. The van der Waals surface area contributed by atoms with E-state index in [9.17, 15) is 9.59 Å². The molecule has 0 aliphatic carbocycles. The first-order valence-electron chi connectivity index (χ1n) is 5.53. The Balaban J connectivity index is 1.85. The van der Waals surface area contributed by atoms with Crippen LogP contribution in [0.25, 0.3) is 5.65 Å². The molecule has 0 saturated carbocycles. The predicted molar refractivity (Wildman–Crippen MR) is 62.8 cm³/mol. The number of fused-ring (bicyclic) bond motifs is 1. The lowest BCUT2D eigenvalue weighted by Crippen LogP contribution is -2.32. The van der Waals surface area contributed by atoms with Crippen molar-refractivity contribution in [2.45, 2.75) is 12.5 Å². The van der Waals surface area contributed by atoms with E-state index in [1.807, 2.05) is 18.2 Å². The average Bonchev–Trinajstić information content (AvgIpc) is 2.87. The minimum atomic E-state index is -0.570. The number of likely N-dealkylation sites (N-methyl/N-ethyl adjacent to an activating group) is 1. The number of rotatable bonds is 2. The number of imide groups is 1. The van der Waals surface area contributed by atoms with Gasteiger partial charge in [0.2, 0.25) is 11.9 Å². The van der Waals surface area contributed by atoms with E-state index in [0.717, 1.165) is 4.90 Å². The lowest BCUT2D eigenvalue weighted by Gasteiger charge is -2.08. The zero-order valence-electron chi connectivity index (χ0n) is 9.70. The third-order valence-corrected chi connectivity index (χ3v) is 2.93. The number of aromatic nitrogens is 3. The smallest absolute Gasteiger partial charge is 0.252 e. The van der Waals surface area contributed by atoms with Gasteiger partial charge in [0.1, 0.15) is 6.04 Å². The van der Waals surface area contributed by atoms with E-state index < -0.39 is 6.04 Å². The quantitative estimate of drug-likeness (QED) is 0.747. The Hall–Kier alpha value is -2.44. The number of nitrogens with one attached hydrogen (secondary N) is 1. The summed E-state index contributed by atoms with van der Waals surface area (Å²) in [5.41, 5.74) is 0.685. The third kappa shape index (κ3) is 1.60. The van der Waals surface area contributed by atoms with Gasteiger partial charge in [0.15, 0.2) is 5.65 Å². The van der Waals surface area contributed by atoms with Crippen molar-refractivity contribution in [2.75, 3.05) is 12.4 Å². The molecule has 2 aromatic rings. The molecule has 1 unspecified atom stereocenters. The highest BCUT2D eigenvalue weighted by Crippen LogP contribution is 2.15. The normalized spacial score (nSPS) is 19.8. The van der Waals surface area contributed by atoms with E-state index in [1.54, 1.807) is 10.7 Å². The molecule has 0 radical (unpaired) electrons. The second-order valence-electron chi connectivity index (χ2n) is 4.13. The summed E-state index contributed by atoms with van der Waals surface area (Å²) in [5.74, 6) is -0.0947. The number of anilines is 1. The molecule has 2 aromatic heterocycles. The molecule has 0 aromatic carbocycles. The summed E-state index contributed by atoms with van der Waals surface area (Å²) in [6.07, 6.45) is 1.91. The molecule has 0 spiro atoms. The number of carbonyl (C=O) groups excluding carboxylic acids is 2. The molecular weight excluding hydrogens is 234 g/mol. The van der Waals surface area contributed by atoms with Crippen molar-refractivity contribution >= 4 is 23.4 Å². The van der Waals surface area contributed by atoms with Crippen LogP contribution in [0.5, 0.6) is 0 Å². The van der Waals surface area contributed by atoms with Crippen molar-refractivity contribution in [3.8, 4) is 0 Å². The average molecular weight is 245 g/mol. The summed E-state index contributed by atoms with van der Waals surface area (Å²) < 4.78 is 1.60. The Morgan fingerprint density at radius 2 is 2.22 bits per heavy atom. The largest absolute Gasteiger partial charge is 0.341 e. The van der Waals surface area contributed by atoms with E-state index >= 15 is 0 Å². The fourth-order valence-corrected chi connectivity index (χ4v) is 1.92. The van der Waals surface area contributed by atoms with Gasteiger partial charge in [0.25, 0.3) is 5.91 Å². The lowest BCUT2D eigenvalue weighted by atomic mass is 10.2. The molecule has 7 heteroatoms. The highest BCUT2D eigenvalue weighted by Gasteiger charge is 2.36. The molecule has 3 rings (SSSR count). The van der Waals surface area contributed by atoms with Crippen LogP contribution >= 0.6 is 0 Å². The maximum atomic E-state index is 11.7. The molecule has 1 saturated heterocycles. The second-order valence-corrected chi connectivity index (χ2v) is 4.13. The van der Waals surface area contributed by atoms with Gasteiger partial charge in [-0.2, -0.15) is 4.98 Å². The molecule has 1 aliphatic rings. The minimum Gasteiger partial charge on any atom is -0.341 e. The molecule has 1 atom stereocenters. The van der Waals surface area contributed by atoms with Gasteiger partial charge in [-0.25, -0.2) is 4.52 Å². The van der Waals surface area contributed by atoms with E-state index in [-0.39, 0.29) is 18.2 Å². The molecule has 7 nitrogen and oxygen atoms in total. The first kappa shape index (κ1) is 10.7. The Kier molecular flexibility index (Phi) is 2.26. The van der Waals surface area contributed by atoms with Crippen LogP contribution in [0.1, 0.15) is 6.42 Å². The van der Waals surface area contributed by atoms with Gasteiger partial charge < -0.3 is 5.32 Å². The van der Waals surface area contributed by atoms with E-state index in [0.29, 0.717) is 11.6 Å². The van der Waals surface area contributed by atoms with E-state index in [1.165, 1.54) is 7.05 Å². The van der Waals surface area contributed by atoms with Crippen molar-refractivity contribution in [2.24, 2.45) is 0 Å². The van der Waals surface area contributed by atoms with Gasteiger partial charge in [-0.1, -0.05) is 6.07 Å². The fraction of sp³-hybridized carbons (Fsp3) is 0.273. The number of hydrogen-bond donors (Lipinski definition) is 1. The van der Waals surface area contributed by atoms with Gasteiger partial charge in [0, 0.05) is 13.2 Å². The fourth-order valence-electron chi connectivity index (χ4n) is 1.92. The number of hydrogen-bond acceptors (Lipinski definition) is 5. The molecule has 1 aliphatic heterocycles. The number of carbonyl (C=O) groups is 2. The van der Waals surface area contributed by atoms with Crippen molar-refractivity contribution < 1.29 is 9.59 Å². The van der Waals surface area contributed by atoms with Crippen LogP contribution in [0.2, 0.25) is 0 Å². The first-order valence-corrected chi connectivity index (χ1v) is 5.53. The van der Waals surface area contributed by atoms with E-state index in [2.05, 4.69) is 15.4 Å². The first-order chi connectivity index (χ1) is 8.65. The number of amides is 2. The Morgan fingerprint density at radius 1 is 1.39 bits per heavy atom. The summed E-state index contributed by atoms with van der Waals surface area (Å²) >= 11 is 0. The van der Waals surface area contributed by atoms with Gasteiger partial charge in [-0.15, -0.1) is 5.10 Å². The summed E-state index contributed by atoms with van der Waals surface area (Å²) in [6, 6.07) is 4.93. The third-order valence-electron chi connectivity index (χ3n) is 2.93. The maximum Gasteiger partial charge on any atom is 0.252 e. The molecular formula is C11H11N5O2. The van der Waals surface area contributed by atoms with Gasteiger partial charge in [-0.3, -0.25) is 14.5 Å². The Morgan fingerprint density at radius 3 is 2.89 bits per heavy atom. The Labute approximate surface area is 102 Å². The van der Waals surface area contributed by atoms with Gasteiger partial charge in [-0.05, 0) is 12.1 Å². The lowest BCUT2D eigenvalue weighted by molar-refractivity contribution is -0.136. The molecule has 3 heterocycles. The summed E-state index contributed by atoms with van der Waals surface area (Å²) in [6.45, 7) is 0. The SMILES string of the molecule is CN1C(=O)CC(Nc2nc3ccccn3n2)C1=O. The maximum absolute atomic E-state index is 11.7. The van der Waals surface area contributed by atoms with Crippen molar-refractivity contribution in [3.63, 3.8) is 0 Å². The van der Waals surface area contributed by atoms with Crippen LogP contribution < -0.4 is 5.32 Å². The highest BCUT2D eigenvalue weighted by atomic mass is 16.2. The zero-order valence-corrected chi connectivity index (χ0v) is 9.70. The minimum absolute atomic E-state index is 0.144. The van der Waals surface area contributed by atoms with Crippen LogP contribution in [-0.2, 0) is 9.59 Å². The number of pyridine rings is 1. The van der Waals surface area contributed by atoms with Crippen molar-refractivity contribution in [1.29, 1.82) is 0 Å². The summed E-state index contributed by atoms with van der Waals surface area (Å²) in [4.78, 5) is 28.4. The summed E-state index contributed by atoms with van der Waals surface area (Å²) in [5, 5.41) is 7.06. The number of nitrogens with zero attached hydrogens (tertiary/aromatic N) is 4. The van der Waals surface area contributed by atoms with Crippen LogP contribution in [0.3, 0.4) is 0 Å².